The molecule has 23 heavy (non-hydrogen) atoms. The Morgan fingerprint density at radius 1 is 1.35 bits per heavy atom. The van der Waals surface area contributed by atoms with Gasteiger partial charge in [0.15, 0.2) is 0 Å². The molecule has 3 fully saturated rings. The van der Waals surface area contributed by atoms with Crippen molar-refractivity contribution >= 4 is 11.8 Å². The molecule has 1 spiro atoms. The van der Waals surface area contributed by atoms with Crippen molar-refractivity contribution in [3.05, 3.63) is 18.6 Å². The van der Waals surface area contributed by atoms with Crippen molar-refractivity contribution in [2.75, 3.05) is 25.0 Å². The fourth-order valence-electron chi connectivity index (χ4n) is 3.57. The van der Waals surface area contributed by atoms with E-state index in [1.165, 1.54) is 0 Å². The van der Waals surface area contributed by atoms with Crippen LogP contribution in [0.4, 0.5) is 10.6 Å². The predicted octanol–water partition coefficient (Wildman–Crippen LogP) is 1.38. The van der Waals surface area contributed by atoms with Gasteiger partial charge in [-0.25, -0.2) is 9.78 Å². The SMILES string of the molecule is O=C(NC1CC1)N1CCC[C@@]2(C[C@@H](Nc3cnccn3)CO2)C1. The Hall–Kier alpha value is -1.89. The standard InChI is InChI=1S/C16H23N5O2/c22-15(20-12-2-3-12)21-7-1-4-16(11-21)8-13(10-23-16)19-14-9-17-5-6-18-14/h5-6,9,12-13H,1-4,7-8,10-11H2,(H,18,19)(H,20,22)/t13-,16-/m1/s1. The molecule has 3 heterocycles. The Bertz CT molecular complexity index is 565. The van der Waals surface area contributed by atoms with Crippen LogP contribution in [0.1, 0.15) is 32.1 Å². The van der Waals surface area contributed by atoms with Gasteiger partial charge in [-0.05, 0) is 25.7 Å². The van der Waals surface area contributed by atoms with E-state index in [0.717, 1.165) is 44.5 Å². The number of nitrogens with zero attached hydrogens (tertiary/aromatic N) is 3. The van der Waals surface area contributed by atoms with Gasteiger partial charge in [-0.15, -0.1) is 0 Å². The van der Waals surface area contributed by atoms with Crippen molar-refractivity contribution in [2.24, 2.45) is 0 Å². The normalized spacial score (nSPS) is 30.4. The van der Waals surface area contributed by atoms with Crippen LogP contribution in [-0.4, -0.2) is 58.3 Å². The van der Waals surface area contributed by atoms with Crippen molar-refractivity contribution in [3.63, 3.8) is 0 Å². The van der Waals surface area contributed by atoms with Gasteiger partial charge in [0.1, 0.15) is 5.82 Å². The van der Waals surface area contributed by atoms with E-state index in [9.17, 15) is 4.79 Å². The summed E-state index contributed by atoms with van der Waals surface area (Å²) in [6.45, 7) is 2.16. The van der Waals surface area contributed by atoms with Crippen molar-refractivity contribution in [3.8, 4) is 0 Å². The summed E-state index contributed by atoms with van der Waals surface area (Å²) in [6.07, 6.45) is 10.2. The fourth-order valence-corrected chi connectivity index (χ4v) is 3.57. The highest BCUT2D eigenvalue weighted by molar-refractivity contribution is 5.75. The van der Waals surface area contributed by atoms with Crippen LogP contribution in [0.2, 0.25) is 0 Å². The molecular weight excluding hydrogens is 294 g/mol. The van der Waals surface area contributed by atoms with Crippen LogP contribution in [0.5, 0.6) is 0 Å². The zero-order valence-electron chi connectivity index (χ0n) is 13.2. The molecule has 1 aliphatic carbocycles. The van der Waals surface area contributed by atoms with Gasteiger partial charge >= 0.3 is 6.03 Å². The molecule has 2 amide bonds. The topological polar surface area (TPSA) is 79.4 Å². The van der Waals surface area contributed by atoms with Gasteiger partial charge in [-0.1, -0.05) is 0 Å². The van der Waals surface area contributed by atoms with E-state index in [1.54, 1.807) is 18.6 Å². The molecule has 0 radical (unpaired) electrons. The first-order valence-corrected chi connectivity index (χ1v) is 8.44. The highest BCUT2D eigenvalue weighted by Gasteiger charge is 2.45. The lowest BCUT2D eigenvalue weighted by atomic mass is 9.89. The molecule has 2 N–H and O–H groups in total. The van der Waals surface area contributed by atoms with Crippen LogP contribution in [0, 0.1) is 0 Å². The van der Waals surface area contributed by atoms with Crippen molar-refractivity contribution in [1.82, 2.24) is 20.2 Å². The molecule has 124 valence electrons. The van der Waals surface area contributed by atoms with Crippen LogP contribution in [0.25, 0.3) is 0 Å². The third kappa shape index (κ3) is 3.39. The number of piperidine rings is 1. The molecule has 7 nitrogen and oxygen atoms in total. The molecule has 2 saturated heterocycles. The quantitative estimate of drug-likeness (QED) is 0.880. The van der Waals surface area contributed by atoms with Crippen molar-refractivity contribution in [1.29, 1.82) is 0 Å². The number of carbonyl (C=O) groups is 1. The summed E-state index contributed by atoms with van der Waals surface area (Å²) in [5, 5.41) is 6.46. The summed E-state index contributed by atoms with van der Waals surface area (Å²) >= 11 is 0. The van der Waals surface area contributed by atoms with E-state index >= 15 is 0 Å². The molecular formula is C16H23N5O2. The maximum atomic E-state index is 12.3. The van der Waals surface area contributed by atoms with Crippen molar-refractivity contribution < 1.29 is 9.53 Å². The number of urea groups is 1. The van der Waals surface area contributed by atoms with E-state index in [2.05, 4.69) is 20.6 Å². The number of hydrogen-bond acceptors (Lipinski definition) is 5. The number of aromatic nitrogens is 2. The zero-order valence-corrected chi connectivity index (χ0v) is 13.2. The van der Waals surface area contributed by atoms with E-state index in [0.29, 0.717) is 19.2 Å². The predicted molar refractivity (Wildman–Crippen MR) is 85.1 cm³/mol. The lowest BCUT2D eigenvalue weighted by Gasteiger charge is -2.39. The Morgan fingerprint density at radius 3 is 3.04 bits per heavy atom. The number of nitrogens with one attached hydrogen (secondary N) is 2. The number of amides is 2. The van der Waals surface area contributed by atoms with Crippen LogP contribution in [0.3, 0.4) is 0 Å². The average Bonchev–Trinajstić information content (AvgIpc) is 3.31. The maximum Gasteiger partial charge on any atom is 0.317 e. The number of ether oxygens (including phenoxy) is 1. The Morgan fingerprint density at radius 2 is 2.26 bits per heavy atom. The van der Waals surface area contributed by atoms with Gasteiger partial charge in [0, 0.05) is 31.4 Å². The summed E-state index contributed by atoms with van der Waals surface area (Å²) in [7, 11) is 0. The molecule has 4 rings (SSSR count). The van der Waals surface area contributed by atoms with Gasteiger partial charge < -0.3 is 20.3 Å². The fraction of sp³-hybridized carbons (Fsp3) is 0.688. The summed E-state index contributed by atoms with van der Waals surface area (Å²) in [6, 6.07) is 0.689. The molecule has 7 heteroatoms. The number of rotatable bonds is 3. The summed E-state index contributed by atoms with van der Waals surface area (Å²) in [5.41, 5.74) is -0.209. The Labute approximate surface area is 135 Å². The number of likely N-dealkylation sites (tertiary alicyclic amines) is 1. The van der Waals surface area contributed by atoms with E-state index in [1.807, 2.05) is 4.90 Å². The average molecular weight is 317 g/mol. The first-order chi connectivity index (χ1) is 11.2. The Kier molecular flexibility index (Phi) is 3.80. The third-order valence-corrected chi connectivity index (χ3v) is 4.86. The molecule has 0 bridgehead atoms. The number of carbonyl (C=O) groups excluding carboxylic acids is 1. The lowest BCUT2D eigenvalue weighted by Crippen LogP contribution is -2.53. The summed E-state index contributed by atoms with van der Waals surface area (Å²) in [4.78, 5) is 22.5. The van der Waals surface area contributed by atoms with Gasteiger partial charge in [0.05, 0.1) is 31.0 Å². The first kappa shape index (κ1) is 14.7. The monoisotopic (exact) mass is 317 g/mol. The van der Waals surface area contributed by atoms with E-state index in [4.69, 9.17) is 4.74 Å². The van der Waals surface area contributed by atoms with Crippen molar-refractivity contribution in [2.45, 2.75) is 49.8 Å². The van der Waals surface area contributed by atoms with Crippen LogP contribution in [-0.2, 0) is 4.74 Å². The van der Waals surface area contributed by atoms with Crippen LogP contribution in [0.15, 0.2) is 18.6 Å². The molecule has 2 aliphatic heterocycles. The van der Waals surface area contributed by atoms with Crippen LogP contribution >= 0.6 is 0 Å². The van der Waals surface area contributed by atoms with E-state index in [-0.39, 0.29) is 17.7 Å². The highest BCUT2D eigenvalue weighted by Crippen LogP contribution is 2.35. The number of hydrogen-bond donors (Lipinski definition) is 2. The summed E-state index contributed by atoms with van der Waals surface area (Å²) < 4.78 is 6.13. The minimum atomic E-state index is -0.209. The maximum absolute atomic E-state index is 12.3. The molecule has 3 aliphatic rings. The largest absolute Gasteiger partial charge is 0.371 e. The van der Waals surface area contributed by atoms with Gasteiger partial charge in [-0.2, -0.15) is 0 Å². The summed E-state index contributed by atoms with van der Waals surface area (Å²) in [5.74, 6) is 0.775. The lowest BCUT2D eigenvalue weighted by molar-refractivity contribution is -0.0409. The first-order valence-electron chi connectivity index (χ1n) is 8.44. The van der Waals surface area contributed by atoms with Gasteiger partial charge in [0.25, 0.3) is 0 Å². The Balaban J connectivity index is 1.35. The molecule has 1 aromatic heterocycles. The molecule has 0 aromatic carbocycles. The van der Waals surface area contributed by atoms with Crippen LogP contribution < -0.4 is 10.6 Å². The second-order valence-corrected chi connectivity index (χ2v) is 6.88. The highest BCUT2D eigenvalue weighted by atomic mass is 16.5. The molecule has 1 aromatic rings. The minimum Gasteiger partial charge on any atom is -0.371 e. The molecule has 2 atom stereocenters. The van der Waals surface area contributed by atoms with Gasteiger partial charge in [0.2, 0.25) is 0 Å². The third-order valence-electron chi connectivity index (χ3n) is 4.86. The van der Waals surface area contributed by atoms with Gasteiger partial charge in [-0.3, -0.25) is 4.98 Å². The minimum absolute atomic E-state index is 0.0699. The zero-order chi connectivity index (χ0) is 15.7. The number of anilines is 1. The van der Waals surface area contributed by atoms with E-state index < -0.39 is 0 Å². The molecule has 0 unspecified atom stereocenters. The molecule has 1 saturated carbocycles. The smallest absolute Gasteiger partial charge is 0.317 e. The second kappa shape index (κ2) is 5.96. The second-order valence-electron chi connectivity index (χ2n) is 6.88.